The molecule has 1 aliphatic heterocycles. The number of benzene rings is 1. The zero-order valence-corrected chi connectivity index (χ0v) is 12.3. The molecule has 1 aromatic rings. The molecule has 0 radical (unpaired) electrons. The largest absolute Gasteiger partial charge is 0.377 e. The molecule has 0 amide bonds. The minimum absolute atomic E-state index is 0.156. The minimum Gasteiger partial charge on any atom is -0.377 e. The topological polar surface area (TPSA) is 60.0 Å². The molecule has 0 unspecified atom stereocenters. The first-order valence-corrected chi connectivity index (χ1v) is 7.67. The lowest BCUT2D eigenvalue weighted by Gasteiger charge is -2.09. The van der Waals surface area contributed by atoms with Gasteiger partial charge in [0, 0.05) is 24.0 Å². The molecule has 1 aromatic carbocycles. The summed E-state index contributed by atoms with van der Waals surface area (Å²) in [5, 5.41) is 8.36. The van der Waals surface area contributed by atoms with Gasteiger partial charge in [-0.15, -0.1) is 5.10 Å². The van der Waals surface area contributed by atoms with E-state index < -0.39 is 11.6 Å². The molecular formula is C14H17F2N3OS. The molecule has 0 saturated heterocycles. The SMILES string of the molecule is NC1=NN=C(CCCCOCc2ccc(F)cc2F)CS1. The van der Waals surface area contributed by atoms with Crippen LogP contribution in [-0.2, 0) is 11.3 Å². The number of hydrogen-bond acceptors (Lipinski definition) is 5. The lowest BCUT2D eigenvalue weighted by Crippen LogP contribution is -2.15. The molecule has 0 aliphatic carbocycles. The average Bonchev–Trinajstić information content (AvgIpc) is 2.46. The molecule has 0 saturated carbocycles. The first kappa shape index (κ1) is 15.9. The van der Waals surface area contributed by atoms with Crippen molar-refractivity contribution in [3.8, 4) is 0 Å². The van der Waals surface area contributed by atoms with Crippen molar-refractivity contribution >= 4 is 22.6 Å². The maximum atomic E-state index is 13.3. The van der Waals surface area contributed by atoms with E-state index >= 15 is 0 Å². The second-order valence-corrected chi connectivity index (χ2v) is 5.63. The maximum Gasteiger partial charge on any atom is 0.180 e. The highest BCUT2D eigenvalue weighted by molar-refractivity contribution is 8.14. The molecule has 1 aliphatic rings. The number of hydrogen-bond donors (Lipinski definition) is 1. The first-order valence-electron chi connectivity index (χ1n) is 6.68. The van der Waals surface area contributed by atoms with Gasteiger partial charge in [0.05, 0.1) is 12.3 Å². The van der Waals surface area contributed by atoms with Crippen LogP contribution in [0, 0.1) is 11.6 Å². The van der Waals surface area contributed by atoms with Crippen molar-refractivity contribution in [2.24, 2.45) is 15.9 Å². The van der Waals surface area contributed by atoms with Crippen LogP contribution >= 0.6 is 11.8 Å². The van der Waals surface area contributed by atoms with Gasteiger partial charge >= 0.3 is 0 Å². The van der Waals surface area contributed by atoms with Crippen LogP contribution in [0.1, 0.15) is 24.8 Å². The third-order valence-electron chi connectivity index (χ3n) is 2.95. The second-order valence-electron chi connectivity index (χ2n) is 4.64. The molecule has 0 atom stereocenters. The number of nitrogens with zero attached hydrogens (tertiary/aromatic N) is 2. The van der Waals surface area contributed by atoms with Gasteiger partial charge in [-0.25, -0.2) is 8.78 Å². The van der Waals surface area contributed by atoms with Crippen molar-refractivity contribution in [3.05, 3.63) is 35.4 Å². The van der Waals surface area contributed by atoms with Gasteiger partial charge < -0.3 is 10.5 Å². The van der Waals surface area contributed by atoms with Gasteiger partial charge in [0.1, 0.15) is 11.6 Å². The Labute approximate surface area is 126 Å². The molecule has 21 heavy (non-hydrogen) atoms. The molecule has 0 aromatic heterocycles. The van der Waals surface area contributed by atoms with Gasteiger partial charge in [0.25, 0.3) is 0 Å². The normalized spacial score (nSPS) is 14.8. The monoisotopic (exact) mass is 313 g/mol. The summed E-state index contributed by atoms with van der Waals surface area (Å²) < 4.78 is 31.5. The van der Waals surface area contributed by atoms with E-state index in [4.69, 9.17) is 10.5 Å². The Morgan fingerprint density at radius 2 is 2.10 bits per heavy atom. The number of ether oxygens (including phenoxy) is 1. The summed E-state index contributed by atoms with van der Waals surface area (Å²) in [7, 11) is 0. The minimum atomic E-state index is -0.578. The smallest absolute Gasteiger partial charge is 0.180 e. The van der Waals surface area contributed by atoms with E-state index in [2.05, 4.69) is 10.2 Å². The molecule has 114 valence electrons. The molecule has 4 nitrogen and oxygen atoms in total. The number of rotatable bonds is 7. The fraction of sp³-hybridized carbons (Fsp3) is 0.429. The number of unbranched alkanes of at least 4 members (excludes halogenated alkanes) is 1. The summed E-state index contributed by atoms with van der Waals surface area (Å²) in [6.07, 6.45) is 2.64. The molecule has 2 rings (SSSR count). The van der Waals surface area contributed by atoms with E-state index in [1.807, 2.05) is 0 Å². The van der Waals surface area contributed by atoms with Gasteiger partial charge in [-0.3, -0.25) is 0 Å². The summed E-state index contributed by atoms with van der Waals surface area (Å²) in [6.45, 7) is 0.687. The highest BCUT2D eigenvalue weighted by Crippen LogP contribution is 2.13. The Morgan fingerprint density at radius 1 is 1.24 bits per heavy atom. The molecule has 0 fully saturated rings. The van der Waals surface area contributed by atoms with E-state index in [9.17, 15) is 8.78 Å². The number of amidine groups is 1. The van der Waals surface area contributed by atoms with Crippen molar-refractivity contribution < 1.29 is 13.5 Å². The Morgan fingerprint density at radius 3 is 2.81 bits per heavy atom. The van der Waals surface area contributed by atoms with Crippen molar-refractivity contribution in [1.82, 2.24) is 0 Å². The van der Waals surface area contributed by atoms with Gasteiger partial charge in [-0.1, -0.05) is 17.8 Å². The lowest BCUT2D eigenvalue weighted by molar-refractivity contribution is 0.115. The van der Waals surface area contributed by atoms with Crippen molar-refractivity contribution in [2.75, 3.05) is 12.4 Å². The zero-order valence-electron chi connectivity index (χ0n) is 11.5. The Balaban J connectivity index is 1.60. The van der Waals surface area contributed by atoms with Crippen LogP contribution in [0.2, 0.25) is 0 Å². The van der Waals surface area contributed by atoms with Crippen molar-refractivity contribution in [3.63, 3.8) is 0 Å². The van der Waals surface area contributed by atoms with E-state index in [0.717, 1.165) is 36.8 Å². The van der Waals surface area contributed by atoms with Crippen LogP contribution in [0.3, 0.4) is 0 Å². The first-order chi connectivity index (χ1) is 10.1. The predicted octanol–water partition coefficient (Wildman–Crippen LogP) is 3.07. The van der Waals surface area contributed by atoms with Crippen LogP contribution in [0.15, 0.2) is 28.4 Å². The van der Waals surface area contributed by atoms with Crippen molar-refractivity contribution in [2.45, 2.75) is 25.9 Å². The Hall–Kier alpha value is -1.47. The van der Waals surface area contributed by atoms with Crippen LogP contribution in [0.25, 0.3) is 0 Å². The Bertz CT molecular complexity index is 549. The fourth-order valence-corrected chi connectivity index (χ4v) is 2.43. The van der Waals surface area contributed by atoms with E-state index in [-0.39, 0.29) is 6.61 Å². The summed E-state index contributed by atoms with van der Waals surface area (Å²) >= 11 is 1.49. The van der Waals surface area contributed by atoms with Gasteiger partial charge in [-0.2, -0.15) is 5.10 Å². The summed E-state index contributed by atoms with van der Waals surface area (Å²) in [5.74, 6) is -0.360. The molecular weight excluding hydrogens is 296 g/mol. The lowest BCUT2D eigenvalue weighted by atomic mass is 10.2. The number of thioether (sulfide) groups is 1. The van der Waals surface area contributed by atoms with E-state index in [1.165, 1.54) is 23.9 Å². The van der Waals surface area contributed by atoms with E-state index in [1.54, 1.807) is 0 Å². The van der Waals surface area contributed by atoms with Crippen LogP contribution in [0.4, 0.5) is 8.78 Å². The quantitative estimate of drug-likeness (QED) is 0.787. The number of halogens is 2. The average molecular weight is 313 g/mol. The highest BCUT2D eigenvalue weighted by atomic mass is 32.2. The second kappa shape index (κ2) is 8.09. The summed E-state index contributed by atoms with van der Waals surface area (Å²) in [5.41, 5.74) is 6.90. The molecule has 1 heterocycles. The summed E-state index contributed by atoms with van der Waals surface area (Å²) in [4.78, 5) is 0. The summed E-state index contributed by atoms with van der Waals surface area (Å²) in [6, 6.07) is 3.50. The van der Waals surface area contributed by atoms with Crippen molar-refractivity contribution in [1.29, 1.82) is 0 Å². The van der Waals surface area contributed by atoms with Crippen LogP contribution in [0.5, 0.6) is 0 Å². The Kier molecular flexibility index (Phi) is 6.13. The predicted molar refractivity (Wildman–Crippen MR) is 81.4 cm³/mol. The standard InChI is InChI=1S/C14H17F2N3OS/c15-11-5-4-10(13(16)7-11)8-20-6-2-1-3-12-9-21-14(17)19-18-12/h4-5,7H,1-3,6,8-9H2,(H2,17,19). The maximum absolute atomic E-state index is 13.3. The van der Waals surface area contributed by atoms with Gasteiger partial charge in [0.15, 0.2) is 5.17 Å². The van der Waals surface area contributed by atoms with Gasteiger partial charge in [-0.05, 0) is 25.3 Å². The fourth-order valence-electron chi connectivity index (χ4n) is 1.81. The molecule has 7 heteroatoms. The third kappa shape index (κ3) is 5.43. The van der Waals surface area contributed by atoms with Crippen LogP contribution < -0.4 is 5.73 Å². The molecule has 0 bridgehead atoms. The molecule has 2 N–H and O–H groups in total. The van der Waals surface area contributed by atoms with Gasteiger partial charge in [0.2, 0.25) is 0 Å². The van der Waals surface area contributed by atoms with Crippen LogP contribution in [-0.4, -0.2) is 23.2 Å². The molecule has 0 spiro atoms. The third-order valence-corrected chi connectivity index (χ3v) is 3.81. The number of nitrogens with two attached hydrogens (primary N) is 1. The zero-order chi connectivity index (χ0) is 15.1. The van der Waals surface area contributed by atoms with E-state index in [0.29, 0.717) is 17.3 Å². The highest BCUT2D eigenvalue weighted by Gasteiger charge is 2.07.